The fourth-order valence-electron chi connectivity index (χ4n) is 2.23. The molecule has 1 aromatic heterocycles. The molecule has 0 amide bonds. The standard InChI is InChI=1S/C19H14N2O3/c1-13(11-20)23-19(22)16-10-6-5-9-15(16)18-21-12-17(24-18)14-7-3-2-4-8-14/h2-10,12-13H,1H3/t13-/m0/s1. The lowest BCUT2D eigenvalue weighted by Crippen LogP contribution is -2.13. The first-order valence-corrected chi connectivity index (χ1v) is 7.40. The largest absolute Gasteiger partial charge is 0.444 e. The number of carbonyl (C=O) groups excluding carboxylic acids is 1. The highest BCUT2D eigenvalue weighted by molar-refractivity contribution is 5.96. The van der Waals surface area contributed by atoms with Crippen LogP contribution in [0.3, 0.4) is 0 Å². The summed E-state index contributed by atoms with van der Waals surface area (Å²) in [6.45, 7) is 1.51. The van der Waals surface area contributed by atoms with E-state index in [4.69, 9.17) is 14.4 Å². The van der Waals surface area contributed by atoms with Crippen molar-refractivity contribution in [1.82, 2.24) is 4.98 Å². The predicted molar refractivity (Wildman–Crippen MR) is 87.9 cm³/mol. The van der Waals surface area contributed by atoms with Crippen LogP contribution in [0.5, 0.6) is 0 Å². The third-order valence-electron chi connectivity index (χ3n) is 3.41. The molecule has 0 spiro atoms. The summed E-state index contributed by atoms with van der Waals surface area (Å²) in [5.74, 6) is 0.351. The molecule has 5 heteroatoms. The predicted octanol–water partition coefficient (Wildman–Crippen LogP) is 4.08. The van der Waals surface area contributed by atoms with E-state index in [0.29, 0.717) is 22.8 Å². The molecule has 0 aliphatic heterocycles. The zero-order valence-corrected chi connectivity index (χ0v) is 13.0. The first-order valence-electron chi connectivity index (χ1n) is 7.40. The van der Waals surface area contributed by atoms with E-state index in [1.54, 1.807) is 30.5 Å². The molecule has 1 atom stereocenters. The number of nitriles is 1. The van der Waals surface area contributed by atoms with Gasteiger partial charge in [-0.3, -0.25) is 0 Å². The number of hydrogen-bond acceptors (Lipinski definition) is 5. The monoisotopic (exact) mass is 318 g/mol. The van der Waals surface area contributed by atoms with Crippen LogP contribution in [-0.4, -0.2) is 17.1 Å². The van der Waals surface area contributed by atoms with Crippen molar-refractivity contribution in [2.24, 2.45) is 0 Å². The van der Waals surface area contributed by atoms with Gasteiger partial charge in [0.15, 0.2) is 11.9 Å². The number of hydrogen-bond donors (Lipinski definition) is 0. The molecule has 3 rings (SSSR count). The maximum atomic E-state index is 12.2. The van der Waals surface area contributed by atoms with E-state index < -0.39 is 12.1 Å². The molecular formula is C19H14N2O3. The van der Waals surface area contributed by atoms with Gasteiger partial charge in [-0.15, -0.1) is 0 Å². The first-order chi connectivity index (χ1) is 11.7. The van der Waals surface area contributed by atoms with Crippen LogP contribution >= 0.6 is 0 Å². The van der Waals surface area contributed by atoms with Gasteiger partial charge < -0.3 is 9.15 Å². The molecule has 0 aliphatic carbocycles. The fraction of sp³-hybridized carbons (Fsp3) is 0.105. The van der Waals surface area contributed by atoms with Crippen molar-refractivity contribution in [2.45, 2.75) is 13.0 Å². The van der Waals surface area contributed by atoms with Crippen molar-refractivity contribution in [3.63, 3.8) is 0 Å². The van der Waals surface area contributed by atoms with Gasteiger partial charge in [-0.2, -0.15) is 5.26 Å². The lowest BCUT2D eigenvalue weighted by molar-refractivity contribution is 0.0436. The Labute approximate surface area is 139 Å². The van der Waals surface area contributed by atoms with Gasteiger partial charge in [0.1, 0.15) is 6.07 Å². The Morgan fingerprint density at radius 1 is 1.17 bits per heavy atom. The topological polar surface area (TPSA) is 76.1 Å². The maximum absolute atomic E-state index is 12.2. The molecule has 118 valence electrons. The van der Waals surface area contributed by atoms with Gasteiger partial charge in [0.2, 0.25) is 5.89 Å². The van der Waals surface area contributed by atoms with E-state index in [-0.39, 0.29) is 0 Å². The highest BCUT2D eigenvalue weighted by Crippen LogP contribution is 2.28. The Hall–Kier alpha value is -3.39. The van der Waals surface area contributed by atoms with Crippen molar-refractivity contribution in [3.8, 4) is 28.8 Å². The molecule has 0 fully saturated rings. The Balaban J connectivity index is 1.95. The molecule has 0 bridgehead atoms. The molecule has 0 saturated heterocycles. The van der Waals surface area contributed by atoms with Crippen LogP contribution in [-0.2, 0) is 4.74 Å². The Kier molecular flexibility index (Phi) is 4.39. The molecule has 5 nitrogen and oxygen atoms in total. The summed E-state index contributed by atoms with van der Waals surface area (Å²) in [5.41, 5.74) is 1.73. The highest BCUT2D eigenvalue weighted by atomic mass is 16.5. The zero-order chi connectivity index (χ0) is 16.9. The lowest BCUT2D eigenvalue weighted by Gasteiger charge is -2.08. The molecule has 0 aliphatic rings. The summed E-state index contributed by atoms with van der Waals surface area (Å²) in [4.78, 5) is 16.5. The number of ether oxygens (including phenoxy) is 1. The number of esters is 1. The fourth-order valence-corrected chi connectivity index (χ4v) is 2.23. The summed E-state index contributed by atoms with van der Waals surface area (Å²) in [7, 11) is 0. The second-order valence-electron chi connectivity index (χ2n) is 5.12. The van der Waals surface area contributed by atoms with Gasteiger partial charge in [0.25, 0.3) is 0 Å². The minimum Gasteiger partial charge on any atom is -0.444 e. The number of aromatic nitrogens is 1. The quantitative estimate of drug-likeness (QED) is 0.677. The van der Waals surface area contributed by atoms with Crippen molar-refractivity contribution < 1.29 is 13.9 Å². The summed E-state index contributed by atoms with van der Waals surface area (Å²) in [6, 6.07) is 18.3. The Morgan fingerprint density at radius 3 is 2.62 bits per heavy atom. The second-order valence-corrected chi connectivity index (χ2v) is 5.12. The zero-order valence-electron chi connectivity index (χ0n) is 13.0. The van der Waals surface area contributed by atoms with Crippen molar-refractivity contribution in [1.29, 1.82) is 5.26 Å². The second kappa shape index (κ2) is 6.80. The van der Waals surface area contributed by atoms with Crippen LogP contribution in [0.1, 0.15) is 17.3 Å². The minimum absolute atomic E-state index is 0.307. The van der Waals surface area contributed by atoms with E-state index in [0.717, 1.165) is 5.56 Å². The van der Waals surface area contributed by atoms with E-state index >= 15 is 0 Å². The molecule has 0 saturated carbocycles. The van der Waals surface area contributed by atoms with Crippen LogP contribution < -0.4 is 0 Å². The van der Waals surface area contributed by atoms with Crippen molar-refractivity contribution in [3.05, 3.63) is 66.4 Å². The third-order valence-corrected chi connectivity index (χ3v) is 3.41. The molecule has 1 heterocycles. The number of benzene rings is 2. The number of rotatable bonds is 4. The SMILES string of the molecule is C[C@@H](C#N)OC(=O)c1ccccc1-c1ncc(-c2ccccc2)o1. The average Bonchev–Trinajstić information content (AvgIpc) is 3.12. The Bertz CT molecular complexity index is 894. The highest BCUT2D eigenvalue weighted by Gasteiger charge is 2.19. The summed E-state index contributed by atoms with van der Waals surface area (Å²) in [6.07, 6.45) is 0.792. The minimum atomic E-state index is -0.824. The van der Waals surface area contributed by atoms with Crippen LogP contribution in [0, 0.1) is 11.3 Å². The van der Waals surface area contributed by atoms with E-state index in [1.165, 1.54) is 6.92 Å². The van der Waals surface area contributed by atoms with E-state index in [1.807, 2.05) is 36.4 Å². The van der Waals surface area contributed by atoms with Gasteiger partial charge in [-0.25, -0.2) is 9.78 Å². The van der Waals surface area contributed by atoms with Gasteiger partial charge in [0, 0.05) is 5.56 Å². The number of oxazole rings is 1. The normalized spacial score (nSPS) is 11.5. The average molecular weight is 318 g/mol. The number of nitrogens with zero attached hydrogens (tertiary/aromatic N) is 2. The van der Waals surface area contributed by atoms with E-state index in [2.05, 4.69) is 4.98 Å². The van der Waals surface area contributed by atoms with Crippen LogP contribution in [0.2, 0.25) is 0 Å². The number of carbonyl (C=O) groups is 1. The lowest BCUT2D eigenvalue weighted by atomic mass is 10.1. The molecular weight excluding hydrogens is 304 g/mol. The van der Waals surface area contributed by atoms with E-state index in [9.17, 15) is 4.79 Å². The third kappa shape index (κ3) is 3.18. The smallest absolute Gasteiger partial charge is 0.340 e. The van der Waals surface area contributed by atoms with Gasteiger partial charge in [-0.1, -0.05) is 42.5 Å². The summed E-state index contributed by atoms with van der Waals surface area (Å²) in [5, 5.41) is 8.79. The Morgan fingerprint density at radius 2 is 1.88 bits per heavy atom. The molecule has 24 heavy (non-hydrogen) atoms. The van der Waals surface area contributed by atoms with Gasteiger partial charge in [0.05, 0.1) is 17.3 Å². The molecule has 0 N–H and O–H groups in total. The van der Waals surface area contributed by atoms with Crippen LogP contribution in [0.25, 0.3) is 22.8 Å². The van der Waals surface area contributed by atoms with Crippen molar-refractivity contribution >= 4 is 5.97 Å². The molecule has 0 radical (unpaired) electrons. The molecule has 0 unspecified atom stereocenters. The van der Waals surface area contributed by atoms with Gasteiger partial charge >= 0.3 is 5.97 Å². The molecule has 3 aromatic rings. The van der Waals surface area contributed by atoms with Crippen LogP contribution in [0.15, 0.2) is 65.2 Å². The van der Waals surface area contributed by atoms with Crippen molar-refractivity contribution in [2.75, 3.05) is 0 Å². The summed E-state index contributed by atoms with van der Waals surface area (Å²) >= 11 is 0. The molecule has 2 aromatic carbocycles. The summed E-state index contributed by atoms with van der Waals surface area (Å²) < 4.78 is 10.9. The van der Waals surface area contributed by atoms with Crippen LogP contribution in [0.4, 0.5) is 0 Å². The van der Waals surface area contributed by atoms with Gasteiger partial charge in [-0.05, 0) is 19.1 Å². The first kappa shape index (κ1) is 15.5. The maximum Gasteiger partial charge on any atom is 0.340 e.